The van der Waals surface area contributed by atoms with Crippen LogP contribution in [0.2, 0.25) is 0 Å². The minimum atomic E-state index is -1.19. The number of carbonyl (C=O) groups is 7. The summed E-state index contributed by atoms with van der Waals surface area (Å²) in [4.78, 5) is 86.4. The van der Waals surface area contributed by atoms with Crippen molar-refractivity contribution in [2.24, 2.45) is 0 Å². The molecule has 0 radical (unpaired) electrons. The molecule has 0 spiro atoms. The number of rotatable bonds is 39. The van der Waals surface area contributed by atoms with Crippen molar-refractivity contribution in [1.29, 1.82) is 0 Å². The van der Waals surface area contributed by atoms with Gasteiger partial charge in [-0.1, -0.05) is 77.0 Å². The van der Waals surface area contributed by atoms with Crippen LogP contribution in [0.3, 0.4) is 0 Å². The number of aliphatic hydroxyl groups excluding tert-OH is 1. The highest BCUT2D eigenvalue weighted by atomic mass is 16.7. The van der Waals surface area contributed by atoms with Gasteiger partial charge in [-0.15, -0.1) is 5.06 Å². The van der Waals surface area contributed by atoms with E-state index in [0.29, 0.717) is 11.5 Å². The Hall–Kier alpha value is -3.91. The van der Waals surface area contributed by atoms with Gasteiger partial charge < -0.3 is 55.1 Å². The number of aliphatic carboxylic acids is 2. The SMILES string of the molecule is O=C(O)CCCCCCCCCCCCCCCCC(=O)N[C@@H](CCC(=O)NCCOCCOCC(=O)NCCOCCOCC(=O)ON1C(=O)CCC1O)C(=O)O. The molecule has 19 nitrogen and oxygen atoms in total. The van der Waals surface area contributed by atoms with E-state index in [1.807, 2.05) is 0 Å². The fraction of sp³-hybridized carbons (Fsp3) is 0.821. The van der Waals surface area contributed by atoms with Crippen LogP contribution in [0.4, 0.5) is 0 Å². The second-order valence-electron chi connectivity index (χ2n) is 14.1. The Labute approximate surface area is 341 Å². The Morgan fingerprint density at radius 1 is 0.603 bits per heavy atom. The van der Waals surface area contributed by atoms with Crippen LogP contribution in [0.1, 0.15) is 128 Å². The van der Waals surface area contributed by atoms with Crippen molar-refractivity contribution in [1.82, 2.24) is 21.0 Å². The number of carboxylic acids is 2. The molecule has 0 bridgehead atoms. The molecule has 1 aliphatic heterocycles. The molecule has 334 valence electrons. The molecule has 6 N–H and O–H groups in total. The monoisotopic (exact) mass is 832 g/mol. The van der Waals surface area contributed by atoms with E-state index in [4.69, 9.17) is 28.9 Å². The van der Waals surface area contributed by atoms with E-state index < -0.39 is 42.7 Å². The molecule has 0 aromatic rings. The van der Waals surface area contributed by atoms with Crippen molar-refractivity contribution >= 4 is 41.5 Å². The number of nitrogens with zero attached hydrogens (tertiary/aromatic N) is 1. The zero-order valence-corrected chi connectivity index (χ0v) is 34.1. The van der Waals surface area contributed by atoms with Gasteiger partial charge in [0.25, 0.3) is 5.91 Å². The quantitative estimate of drug-likeness (QED) is 0.0486. The lowest BCUT2D eigenvalue weighted by molar-refractivity contribution is -0.223. The predicted molar refractivity (Wildman–Crippen MR) is 208 cm³/mol. The number of hydrogen-bond donors (Lipinski definition) is 6. The first-order valence-corrected chi connectivity index (χ1v) is 20.8. The summed E-state index contributed by atoms with van der Waals surface area (Å²) in [5.74, 6) is -4.26. The van der Waals surface area contributed by atoms with Gasteiger partial charge in [0.15, 0.2) is 6.23 Å². The lowest BCUT2D eigenvalue weighted by atomic mass is 10.0. The summed E-state index contributed by atoms with van der Waals surface area (Å²) in [6.07, 6.45) is 14.5. The first-order valence-electron chi connectivity index (χ1n) is 20.8. The Morgan fingerprint density at radius 3 is 1.59 bits per heavy atom. The maximum Gasteiger partial charge on any atom is 0.358 e. The van der Waals surface area contributed by atoms with Crippen LogP contribution in [0, 0.1) is 0 Å². The third kappa shape index (κ3) is 30.2. The molecule has 0 saturated carbocycles. The smallest absolute Gasteiger partial charge is 0.358 e. The largest absolute Gasteiger partial charge is 0.481 e. The highest BCUT2D eigenvalue weighted by Crippen LogP contribution is 2.17. The molecule has 1 aliphatic rings. The summed E-state index contributed by atoms with van der Waals surface area (Å²) in [6.45, 7) is 0.740. The van der Waals surface area contributed by atoms with E-state index in [2.05, 4.69) is 16.0 Å². The number of aliphatic hydroxyl groups is 1. The molecule has 1 heterocycles. The molecule has 1 fully saturated rings. The van der Waals surface area contributed by atoms with Crippen LogP contribution in [0.15, 0.2) is 0 Å². The first-order chi connectivity index (χ1) is 28.0. The van der Waals surface area contributed by atoms with Gasteiger partial charge in [0.2, 0.25) is 17.7 Å². The Bertz CT molecular complexity index is 1190. The van der Waals surface area contributed by atoms with Gasteiger partial charge in [-0.2, -0.15) is 0 Å². The number of nitrogens with one attached hydrogen (secondary N) is 3. The van der Waals surface area contributed by atoms with Crippen LogP contribution in [-0.2, 0) is 57.3 Å². The number of ether oxygens (including phenoxy) is 4. The summed E-state index contributed by atoms with van der Waals surface area (Å²) in [7, 11) is 0. The first kappa shape index (κ1) is 52.1. The van der Waals surface area contributed by atoms with E-state index >= 15 is 0 Å². The van der Waals surface area contributed by atoms with Crippen molar-refractivity contribution in [3.05, 3.63) is 0 Å². The zero-order valence-electron chi connectivity index (χ0n) is 34.1. The van der Waals surface area contributed by atoms with Crippen LogP contribution < -0.4 is 16.0 Å². The van der Waals surface area contributed by atoms with Gasteiger partial charge >= 0.3 is 17.9 Å². The lowest BCUT2D eigenvalue weighted by Crippen LogP contribution is -2.41. The van der Waals surface area contributed by atoms with Crippen molar-refractivity contribution in [3.8, 4) is 0 Å². The summed E-state index contributed by atoms with van der Waals surface area (Å²) in [5, 5.41) is 36.1. The summed E-state index contributed by atoms with van der Waals surface area (Å²) in [6, 6.07) is -1.15. The maximum absolute atomic E-state index is 12.3. The Morgan fingerprint density at radius 2 is 1.09 bits per heavy atom. The predicted octanol–water partition coefficient (Wildman–Crippen LogP) is 2.36. The number of hydroxylamine groups is 2. The number of amides is 4. The van der Waals surface area contributed by atoms with Gasteiger partial charge in [-0.05, 0) is 19.3 Å². The summed E-state index contributed by atoms with van der Waals surface area (Å²) >= 11 is 0. The highest BCUT2D eigenvalue weighted by molar-refractivity contribution is 5.84. The van der Waals surface area contributed by atoms with Crippen molar-refractivity contribution in [2.45, 2.75) is 141 Å². The lowest BCUT2D eigenvalue weighted by Gasteiger charge is -2.18. The topological polar surface area (TPSA) is 266 Å². The van der Waals surface area contributed by atoms with E-state index in [1.165, 1.54) is 38.5 Å². The minimum Gasteiger partial charge on any atom is -0.481 e. The fourth-order valence-corrected chi connectivity index (χ4v) is 5.80. The molecule has 0 aromatic carbocycles. The molecule has 2 atom stereocenters. The number of carbonyl (C=O) groups excluding carboxylic acids is 5. The van der Waals surface area contributed by atoms with Gasteiger partial charge in [-0.3, -0.25) is 24.0 Å². The van der Waals surface area contributed by atoms with Crippen molar-refractivity contribution in [3.63, 3.8) is 0 Å². The molecule has 4 amide bonds. The molecular weight excluding hydrogens is 764 g/mol. The second-order valence-corrected chi connectivity index (χ2v) is 14.1. The molecule has 0 aromatic heterocycles. The molecule has 0 aliphatic carbocycles. The summed E-state index contributed by atoms with van der Waals surface area (Å²) < 4.78 is 21.0. The molecular formula is C39H68N4O15. The Balaban J connectivity index is 1.91. The average Bonchev–Trinajstić information content (AvgIpc) is 3.50. The van der Waals surface area contributed by atoms with E-state index in [-0.39, 0.29) is 116 Å². The van der Waals surface area contributed by atoms with E-state index in [9.17, 15) is 43.8 Å². The zero-order chi connectivity index (χ0) is 42.6. The fourth-order valence-electron chi connectivity index (χ4n) is 5.80. The van der Waals surface area contributed by atoms with E-state index in [1.54, 1.807) is 0 Å². The standard InChI is InChI=1S/C39H68N4O15/c44-32(18-17-31(39(52)53)42-33(45)15-13-11-9-7-5-3-1-2-4-6-8-10-12-14-16-37(49)50)40-21-23-54-25-27-56-29-34(46)41-22-24-55-26-28-57-30-38(51)58-43-35(47)19-20-36(43)48/h31,35,47H,1-30H2,(H,40,44)(H,41,46)(H,42,45)(H,49,50)(H,52,53)/t31-,35?/m0/s1. The van der Waals surface area contributed by atoms with Gasteiger partial charge in [0.1, 0.15) is 19.3 Å². The van der Waals surface area contributed by atoms with E-state index in [0.717, 1.165) is 44.9 Å². The molecule has 1 saturated heterocycles. The van der Waals surface area contributed by atoms with Crippen LogP contribution in [0.5, 0.6) is 0 Å². The van der Waals surface area contributed by atoms with Gasteiger partial charge in [0, 0.05) is 45.2 Å². The number of unbranched alkanes of at least 4 members (excludes halogenated alkanes) is 13. The average molecular weight is 833 g/mol. The summed E-state index contributed by atoms with van der Waals surface area (Å²) in [5.41, 5.74) is 0. The molecule has 1 unspecified atom stereocenters. The van der Waals surface area contributed by atoms with Crippen LogP contribution in [-0.4, -0.2) is 140 Å². The second kappa shape index (κ2) is 35.1. The molecule has 19 heteroatoms. The number of hydrogen-bond acceptors (Lipinski definition) is 13. The van der Waals surface area contributed by atoms with Crippen LogP contribution >= 0.6 is 0 Å². The van der Waals surface area contributed by atoms with Gasteiger partial charge in [-0.25, -0.2) is 9.59 Å². The molecule has 1 rings (SSSR count). The van der Waals surface area contributed by atoms with Crippen molar-refractivity contribution in [2.75, 3.05) is 65.9 Å². The molecule has 58 heavy (non-hydrogen) atoms. The third-order valence-electron chi connectivity index (χ3n) is 9.01. The van der Waals surface area contributed by atoms with Crippen LogP contribution in [0.25, 0.3) is 0 Å². The van der Waals surface area contributed by atoms with Crippen molar-refractivity contribution < 1.29 is 72.7 Å². The highest BCUT2D eigenvalue weighted by Gasteiger charge is 2.33. The normalized spacial score (nSPS) is 14.3. The minimum absolute atomic E-state index is 0.0358. The third-order valence-corrected chi connectivity index (χ3v) is 9.01. The van der Waals surface area contributed by atoms with Gasteiger partial charge in [0.05, 0.1) is 39.6 Å². The maximum atomic E-state index is 12.3. The number of carboxylic acid groups (broad SMARTS) is 2. The Kier molecular flexibility index (Phi) is 31.5.